The quantitative estimate of drug-likeness (QED) is 0.0911. The van der Waals surface area contributed by atoms with Crippen LogP contribution in [-0.2, 0) is 32.6 Å². The highest BCUT2D eigenvalue weighted by molar-refractivity contribution is 6.30. The van der Waals surface area contributed by atoms with Crippen molar-refractivity contribution in [2.24, 2.45) is 10.9 Å². The van der Waals surface area contributed by atoms with E-state index in [1.807, 2.05) is 263 Å². The summed E-state index contributed by atoms with van der Waals surface area (Å²) in [5.74, 6) is 3.05. The van der Waals surface area contributed by atoms with Crippen molar-refractivity contribution in [2.45, 2.75) is 412 Å². The van der Waals surface area contributed by atoms with E-state index < -0.39 is 16.6 Å². The molecule has 2 N–H and O–H groups in total. The van der Waals surface area contributed by atoms with Gasteiger partial charge in [-0.05, 0) is 250 Å². The highest BCUT2D eigenvalue weighted by Gasteiger charge is 2.68. The van der Waals surface area contributed by atoms with E-state index in [2.05, 4.69) is 303 Å². The number of aliphatic imine (C=N–C) groups is 1. The molecule has 0 unspecified atom stereocenters. The smallest absolute Gasteiger partial charge is 0.326 e. The third-order valence-corrected chi connectivity index (χ3v) is 28.7. The van der Waals surface area contributed by atoms with Crippen molar-refractivity contribution >= 4 is 52.3 Å². The number of ether oxygens (including phenoxy) is 1. The summed E-state index contributed by atoms with van der Waals surface area (Å²) in [6.07, 6.45) is 6.57. The van der Waals surface area contributed by atoms with Crippen LogP contribution in [0.25, 0.3) is 0 Å². The summed E-state index contributed by atoms with van der Waals surface area (Å²) in [4.78, 5) is 66.8. The summed E-state index contributed by atoms with van der Waals surface area (Å²) in [5, 5.41) is 8.02. The number of piperazine rings is 2. The molecule has 147 heavy (non-hydrogen) atoms. The van der Waals surface area contributed by atoms with Crippen molar-refractivity contribution in [1.29, 1.82) is 0 Å². The Morgan fingerprint density at radius 1 is 0.531 bits per heavy atom. The van der Waals surface area contributed by atoms with Crippen LogP contribution in [0.1, 0.15) is 398 Å². The Bertz CT molecular complexity index is 5130. The first-order valence-corrected chi connectivity index (χ1v) is 58.3. The van der Waals surface area contributed by atoms with E-state index in [9.17, 15) is 14.4 Å². The molecule has 5 fully saturated rings. The summed E-state index contributed by atoms with van der Waals surface area (Å²) >= 11 is 6.31. The molecule has 8 atom stereocenters. The molecule has 9 aromatic carbocycles. The summed E-state index contributed by atoms with van der Waals surface area (Å²) in [6, 6.07) is 78.2. The van der Waals surface area contributed by atoms with Crippen molar-refractivity contribution in [1.82, 2.24) is 34.7 Å². The number of fused-ring (bicyclic) bond motifs is 4. The number of amidine groups is 1. The van der Waals surface area contributed by atoms with Gasteiger partial charge < -0.3 is 30.1 Å². The molecule has 818 valence electrons. The van der Waals surface area contributed by atoms with Crippen molar-refractivity contribution in [3.05, 3.63) is 296 Å². The maximum Gasteiger partial charge on any atom is 0.326 e. The minimum Gasteiger partial charge on any atom is -0.491 e. The monoisotopic (exact) mass is 2030 g/mol. The largest absolute Gasteiger partial charge is 0.491 e. The van der Waals surface area contributed by atoms with Crippen LogP contribution >= 0.6 is 11.6 Å². The predicted molar refractivity (Wildman–Crippen MR) is 644 cm³/mol. The zero-order chi connectivity index (χ0) is 112. The van der Waals surface area contributed by atoms with Gasteiger partial charge in [0.05, 0.1) is 18.6 Å². The second kappa shape index (κ2) is 67.7. The lowest BCUT2D eigenvalue weighted by molar-refractivity contribution is -0.127. The van der Waals surface area contributed by atoms with Crippen molar-refractivity contribution in [2.75, 3.05) is 81.1 Å². The van der Waals surface area contributed by atoms with Gasteiger partial charge in [-0.1, -0.05) is 382 Å². The Morgan fingerprint density at radius 2 is 1.03 bits per heavy atom. The average molecular weight is 2040 g/mol. The van der Waals surface area contributed by atoms with E-state index >= 15 is 0 Å². The van der Waals surface area contributed by atoms with Gasteiger partial charge >= 0.3 is 6.03 Å². The molecule has 1 saturated carbocycles. The number of carbonyl (C=O) groups excluding carboxylic acids is 3. The normalized spacial score (nSPS) is 21.5. The number of urea groups is 1. The molecular formula is C131H208ClN11O4. The van der Waals surface area contributed by atoms with Gasteiger partial charge in [0, 0.05) is 140 Å². The fourth-order valence-corrected chi connectivity index (χ4v) is 22.0. The third kappa shape index (κ3) is 31.9. The Morgan fingerprint density at radius 3 is 1.52 bits per heavy atom. The van der Waals surface area contributed by atoms with Gasteiger partial charge in [-0.15, -0.1) is 0 Å². The number of rotatable bonds is 17. The van der Waals surface area contributed by atoms with Gasteiger partial charge in [-0.2, -0.15) is 0 Å². The topological polar surface area (TPSA) is 123 Å². The number of likely N-dealkylation sites (tertiary alicyclic amines) is 1. The Kier molecular flexibility index (Phi) is 61.5. The summed E-state index contributed by atoms with van der Waals surface area (Å²) in [5.41, 5.74) is 16.1. The van der Waals surface area contributed by atoms with Crippen molar-refractivity contribution < 1.29 is 19.1 Å². The number of aryl methyl sites for hydroxylation is 3. The van der Waals surface area contributed by atoms with E-state index in [0.29, 0.717) is 54.5 Å². The zero-order valence-corrected chi connectivity index (χ0v) is 102. The molecule has 9 aromatic rings. The lowest BCUT2D eigenvalue weighted by atomic mass is 9.71. The molecule has 15 nitrogen and oxygen atoms in total. The highest BCUT2D eigenvalue weighted by atomic mass is 35.5. The molecule has 4 amide bonds. The van der Waals surface area contributed by atoms with E-state index in [1.165, 1.54) is 78.8 Å². The maximum atomic E-state index is 14.5. The minimum atomic E-state index is -0.729. The first kappa shape index (κ1) is 134. The van der Waals surface area contributed by atoms with Crippen LogP contribution in [0.2, 0.25) is 5.02 Å². The number of benzene rings is 9. The van der Waals surface area contributed by atoms with Crippen LogP contribution in [-0.4, -0.2) is 161 Å². The van der Waals surface area contributed by atoms with Crippen molar-refractivity contribution in [3.8, 4) is 5.75 Å². The molecule has 0 bridgehead atoms. The molecule has 16 heteroatoms. The first-order chi connectivity index (χ1) is 71.0. The van der Waals surface area contributed by atoms with Gasteiger partial charge in [0.25, 0.3) is 0 Å². The lowest BCUT2D eigenvalue weighted by Gasteiger charge is -2.52. The van der Waals surface area contributed by atoms with Gasteiger partial charge in [0.2, 0.25) is 11.8 Å². The summed E-state index contributed by atoms with van der Waals surface area (Å²) < 4.78 is 6.21. The van der Waals surface area contributed by atoms with Crippen LogP contribution in [0.4, 0.5) is 21.9 Å². The number of anilines is 3. The van der Waals surface area contributed by atoms with E-state index in [-0.39, 0.29) is 59.6 Å². The third-order valence-electron chi connectivity index (χ3n) is 28.4. The standard InChI is InChI=1S/C42H57ClN4O2.C32H37N3O.C31H36N4O.13C2H6/c1-28(2)46-22-21-45(27-42(46,6)7)36-15-9-31(10-16-36)26-44(8)35-17-19-37(20-18-35)47-40(48)24-33-23-30(5)39(49-29(3)4)25-38(33)41(47)32-11-13-34(43)14-12-32;1-6-35-28-18-26(23-14-12-22(13-15-23)19(2)3)33-30(28)29(24-10-8-7-9-11-24)32(35)25-16-20(4)21(5)17-27(25)34-31(32)36;1-24(2)33-20-22-34(23-21-33)29(36)35-28(25-14-8-5-9-15-25)32-30(3,26-16-10-6-11-17-26)31(35,4)27-18-12-7-13-19-27;13*1-2/h11-14,17-20,23,25,28-29,31,36,41H,9-10,15-16,21-22,24,26-27H2,1-8H3;7-17,19,26,28-30,33H,6,18H2,1-5H3,(H,34,36);5-19,24H,20-23H2,1-4H3;13*1-2H3/t31?,36?,41-;26-,28+,29+,30-,32-;30-,31+;;;;;;;;;;;;;/m010............./s1. The highest BCUT2D eigenvalue weighted by Crippen LogP contribution is 2.61. The van der Waals surface area contributed by atoms with Crippen LogP contribution in [0.5, 0.6) is 5.75 Å². The summed E-state index contributed by atoms with van der Waals surface area (Å²) in [6.45, 7) is 96.0. The van der Waals surface area contributed by atoms with Gasteiger partial charge in [0.1, 0.15) is 28.2 Å². The van der Waals surface area contributed by atoms with Crippen LogP contribution in [0.15, 0.2) is 223 Å². The molecule has 7 aliphatic heterocycles. The van der Waals surface area contributed by atoms with Gasteiger partial charge in [0.15, 0.2) is 0 Å². The number of amides is 4. The minimum absolute atomic E-state index is 0.0203. The number of hydrogen-bond acceptors (Lipinski definition) is 11. The predicted octanol–water partition coefficient (Wildman–Crippen LogP) is 34.1. The maximum absolute atomic E-state index is 14.5. The first-order valence-electron chi connectivity index (χ1n) is 57.9. The van der Waals surface area contributed by atoms with E-state index in [0.717, 1.165) is 100 Å². The molecule has 0 radical (unpaired) electrons. The molecule has 7 heterocycles. The fraction of sp³-hybridized carbons (Fsp3) is 0.557. The van der Waals surface area contributed by atoms with Crippen LogP contribution in [0.3, 0.4) is 0 Å². The second-order valence-electron chi connectivity index (χ2n) is 37.7. The molecule has 17 rings (SSSR count). The Hall–Kier alpha value is -9.45. The number of likely N-dealkylation sites (N-methyl/N-ethyl adjacent to an activating group) is 1. The second-order valence-corrected chi connectivity index (χ2v) is 38.1. The molecule has 4 saturated heterocycles. The molecule has 1 aliphatic carbocycles. The fourth-order valence-electron chi connectivity index (χ4n) is 21.8. The number of halogens is 1. The van der Waals surface area contributed by atoms with Crippen LogP contribution in [0, 0.1) is 26.7 Å². The number of hydrogen-bond donors (Lipinski definition) is 2. The lowest BCUT2D eigenvalue weighted by Crippen LogP contribution is -2.63. The Labute approximate surface area is 905 Å². The molecule has 1 spiro atoms. The molecule has 8 aliphatic rings. The zero-order valence-electron chi connectivity index (χ0n) is 101. The number of carbonyl (C=O) groups is 3. The Balaban J connectivity index is 0.000000676. The number of nitrogens with one attached hydrogen (secondary N) is 2. The average Bonchev–Trinajstić information content (AvgIpc) is 1.50. The van der Waals surface area contributed by atoms with Crippen molar-refractivity contribution in [3.63, 3.8) is 0 Å². The summed E-state index contributed by atoms with van der Waals surface area (Å²) in [7, 11) is 2.21. The van der Waals surface area contributed by atoms with E-state index in [1.54, 1.807) is 0 Å². The van der Waals surface area contributed by atoms with E-state index in [4.69, 9.17) is 21.3 Å². The molecule has 0 aromatic heterocycles. The van der Waals surface area contributed by atoms with Gasteiger partial charge in [-0.3, -0.25) is 39.1 Å². The SMILES string of the molecule is CC.CC.CC.CC.CC.CC.CC.CC.CC.CC.CC.CC.CC.CC(C)N1CCN(C(=O)N2C(c3ccccc3)=N[C@@](C)(c3ccccc3)[C@@]2(C)c2ccccc2)CC1.CCN1[C@H]2C[C@H](c3ccc(C(C)C)cc3)N[C@H]2[C@H](c2ccccc2)[C@]12C(=O)Nc1cc(C)c(C)cc12.Cc1cc2c(cc1OC(C)C)[C@H](c1ccc(Cl)cc1)N(c1ccc(N(C)CC3CCC(N4CCN(C(C)C)C(C)(C)C4)CC3)cc1)C(=O)C2. The molecular weight excluding hydrogens is 1830 g/mol. The van der Waals surface area contributed by atoms with Gasteiger partial charge in [-0.25, -0.2) is 4.79 Å². The number of nitrogens with zero attached hydrogens (tertiary/aromatic N) is 9. The van der Waals surface area contributed by atoms with Crippen LogP contribution < -0.4 is 25.2 Å².